The van der Waals surface area contributed by atoms with Gasteiger partial charge in [0.15, 0.2) is 5.13 Å². The SMILES string of the molecule is Cc1nc(N2CC[C@H](C3CCN(C)CC3)C2)sc1C. The Labute approximate surface area is 120 Å². The number of aromatic nitrogens is 1. The molecule has 0 aromatic carbocycles. The molecule has 0 amide bonds. The van der Waals surface area contributed by atoms with Crippen LogP contribution in [-0.4, -0.2) is 43.1 Å². The normalized spacial score (nSPS) is 26.3. The molecule has 4 heteroatoms. The van der Waals surface area contributed by atoms with Crippen LogP contribution in [-0.2, 0) is 0 Å². The lowest BCUT2D eigenvalue weighted by molar-refractivity contribution is 0.178. The number of hydrogen-bond donors (Lipinski definition) is 0. The second-order valence-electron chi connectivity index (χ2n) is 6.27. The van der Waals surface area contributed by atoms with Crippen LogP contribution in [0.15, 0.2) is 0 Å². The smallest absolute Gasteiger partial charge is 0.185 e. The summed E-state index contributed by atoms with van der Waals surface area (Å²) in [6.45, 7) is 9.33. The van der Waals surface area contributed by atoms with Gasteiger partial charge < -0.3 is 9.80 Å². The second kappa shape index (κ2) is 5.41. The van der Waals surface area contributed by atoms with Gasteiger partial charge in [-0.25, -0.2) is 4.98 Å². The molecule has 0 bridgehead atoms. The molecule has 2 saturated heterocycles. The maximum atomic E-state index is 4.72. The van der Waals surface area contributed by atoms with Crippen molar-refractivity contribution in [2.45, 2.75) is 33.1 Å². The molecular formula is C15H25N3S. The zero-order valence-electron chi connectivity index (χ0n) is 12.4. The van der Waals surface area contributed by atoms with E-state index in [0.29, 0.717) is 0 Å². The Morgan fingerprint density at radius 3 is 2.37 bits per heavy atom. The van der Waals surface area contributed by atoms with Gasteiger partial charge in [-0.05, 0) is 65.1 Å². The number of likely N-dealkylation sites (tertiary alicyclic amines) is 1. The predicted molar refractivity (Wildman–Crippen MR) is 82.1 cm³/mol. The molecule has 1 aromatic rings. The molecule has 3 nitrogen and oxygen atoms in total. The molecule has 0 N–H and O–H groups in total. The van der Waals surface area contributed by atoms with Crippen molar-refractivity contribution in [1.82, 2.24) is 9.88 Å². The Morgan fingerprint density at radius 2 is 1.74 bits per heavy atom. The molecule has 0 radical (unpaired) electrons. The minimum atomic E-state index is 0.901. The first kappa shape index (κ1) is 13.4. The number of anilines is 1. The average molecular weight is 279 g/mol. The van der Waals surface area contributed by atoms with Crippen molar-refractivity contribution >= 4 is 16.5 Å². The average Bonchev–Trinajstić information content (AvgIpc) is 2.99. The van der Waals surface area contributed by atoms with Gasteiger partial charge >= 0.3 is 0 Å². The van der Waals surface area contributed by atoms with Crippen molar-refractivity contribution in [3.8, 4) is 0 Å². The fraction of sp³-hybridized carbons (Fsp3) is 0.800. The minimum Gasteiger partial charge on any atom is -0.348 e. The Kier molecular flexibility index (Phi) is 3.81. The molecule has 106 valence electrons. The number of rotatable bonds is 2. The van der Waals surface area contributed by atoms with Crippen molar-refractivity contribution in [3.63, 3.8) is 0 Å². The van der Waals surface area contributed by atoms with E-state index >= 15 is 0 Å². The Morgan fingerprint density at radius 1 is 1.05 bits per heavy atom. The Balaban J connectivity index is 1.61. The molecule has 0 unspecified atom stereocenters. The lowest BCUT2D eigenvalue weighted by Gasteiger charge is -2.32. The monoisotopic (exact) mass is 279 g/mol. The molecule has 0 saturated carbocycles. The third-order valence-electron chi connectivity index (χ3n) is 4.94. The van der Waals surface area contributed by atoms with E-state index in [2.05, 4.69) is 30.7 Å². The van der Waals surface area contributed by atoms with E-state index in [1.807, 2.05) is 11.3 Å². The zero-order chi connectivity index (χ0) is 13.4. The van der Waals surface area contributed by atoms with Crippen molar-refractivity contribution in [3.05, 3.63) is 10.6 Å². The van der Waals surface area contributed by atoms with Crippen LogP contribution in [0.4, 0.5) is 5.13 Å². The number of aryl methyl sites for hydroxylation is 2. The van der Waals surface area contributed by atoms with E-state index in [1.165, 1.54) is 61.1 Å². The molecule has 0 aliphatic carbocycles. The predicted octanol–water partition coefficient (Wildman–Crippen LogP) is 2.93. The molecule has 2 aliphatic rings. The summed E-state index contributed by atoms with van der Waals surface area (Å²) in [5.74, 6) is 1.85. The van der Waals surface area contributed by atoms with Crippen LogP contribution in [0.25, 0.3) is 0 Å². The van der Waals surface area contributed by atoms with Crippen molar-refractivity contribution < 1.29 is 0 Å². The van der Waals surface area contributed by atoms with E-state index < -0.39 is 0 Å². The van der Waals surface area contributed by atoms with Gasteiger partial charge in [0.1, 0.15) is 0 Å². The lowest BCUT2D eigenvalue weighted by atomic mass is 9.84. The van der Waals surface area contributed by atoms with Crippen LogP contribution < -0.4 is 4.90 Å². The van der Waals surface area contributed by atoms with E-state index in [0.717, 1.165) is 11.8 Å². The molecule has 1 aromatic heterocycles. The third kappa shape index (κ3) is 2.79. The standard InChI is InChI=1S/C15H25N3S/c1-11-12(2)19-15(16-11)18-9-6-14(10-18)13-4-7-17(3)8-5-13/h13-14H,4-10H2,1-3H3/t14-/m0/s1. The molecule has 3 heterocycles. The summed E-state index contributed by atoms with van der Waals surface area (Å²) in [6.07, 6.45) is 4.15. The fourth-order valence-electron chi connectivity index (χ4n) is 3.44. The van der Waals surface area contributed by atoms with Gasteiger partial charge in [0.2, 0.25) is 0 Å². The molecular weight excluding hydrogens is 254 g/mol. The number of nitrogens with zero attached hydrogens (tertiary/aromatic N) is 3. The second-order valence-corrected chi connectivity index (χ2v) is 7.46. The van der Waals surface area contributed by atoms with Crippen molar-refractivity contribution in [1.29, 1.82) is 0 Å². The minimum absolute atomic E-state index is 0.901. The van der Waals surface area contributed by atoms with Crippen molar-refractivity contribution in [2.24, 2.45) is 11.8 Å². The first-order valence-corrected chi connectivity index (χ1v) is 8.32. The Bertz CT molecular complexity index is 415. The van der Waals surface area contributed by atoms with Gasteiger partial charge in [-0.2, -0.15) is 0 Å². The largest absolute Gasteiger partial charge is 0.348 e. The van der Waals surface area contributed by atoms with Crippen LogP contribution in [0.2, 0.25) is 0 Å². The summed E-state index contributed by atoms with van der Waals surface area (Å²) < 4.78 is 0. The summed E-state index contributed by atoms with van der Waals surface area (Å²) in [7, 11) is 2.25. The van der Waals surface area contributed by atoms with E-state index in [-0.39, 0.29) is 0 Å². The number of piperidine rings is 1. The van der Waals surface area contributed by atoms with Crippen LogP contribution in [0, 0.1) is 25.7 Å². The Hall–Kier alpha value is -0.610. The van der Waals surface area contributed by atoms with Crippen LogP contribution >= 0.6 is 11.3 Å². The highest BCUT2D eigenvalue weighted by Crippen LogP contribution is 2.35. The summed E-state index contributed by atoms with van der Waals surface area (Å²) in [5.41, 5.74) is 1.21. The first-order valence-electron chi connectivity index (χ1n) is 7.51. The maximum Gasteiger partial charge on any atom is 0.185 e. The van der Waals surface area contributed by atoms with Gasteiger partial charge in [0.25, 0.3) is 0 Å². The zero-order valence-corrected chi connectivity index (χ0v) is 13.2. The first-order chi connectivity index (χ1) is 9.13. The van der Waals surface area contributed by atoms with E-state index in [9.17, 15) is 0 Å². The summed E-state index contributed by atoms with van der Waals surface area (Å²) in [5, 5.41) is 1.26. The van der Waals surface area contributed by atoms with Gasteiger partial charge in [-0.15, -0.1) is 11.3 Å². The van der Waals surface area contributed by atoms with Crippen LogP contribution in [0.3, 0.4) is 0 Å². The molecule has 19 heavy (non-hydrogen) atoms. The van der Waals surface area contributed by atoms with Crippen molar-refractivity contribution in [2.75, 3.05) is 38.1 Å². The maximum absolute atomic E-state index is 4.72. The lowest BCUT2D eigenvalue weighted by Crippen LogP contribution is -2.34. The van der Waals surface area contributed by atoms with Crippen LogP contribution in [0.5, 0.6) is 0 Å². The molecule has 2 aliphatic heterocycles. The molecule has 0 spiro atoms. The highest BCUT2D eigenvalue weighted by molar-refractivity contribution is 7.15. The summed E-state index contributed by atoms with van der Waals surface area (Å²) in [4.78, 5) is 11.1. The highest BCUT2D eigenvalue weighted by Gasteiger charge is 2.32. The number of thiazole rings is 1. The highest BCUT2D eigenvalue weighted by atomic mass is 32.1. The molecule has 1 atom stereocenters. The van der Waals surface area contributed by atoms with E-state index in [4.69, 9.17) is 4.98 Å². The van der Waals surface area contributed by atoms with Gasteiger partial charge in [-0.3, -0.25) is 0 Å². The van der Waals surface area contributed by atoms with E-state index in [1.54, 1.807) is 0 Å². The van der Waals surface area contributed by atoms with Crippen LogP contribution in [0.1, 0.15) is 29.8 Å². The quantitative estimate of drug-likeness (QED) is 0.830. The van der Waals surface area contributed by atoms with Gasteiger partial charge in [0, 0.05) is 18.0 Å². The van der Waals surface area contributed by atoms with Gasteiger partial charge in [0.05, 0.1) is 5.69 Å². The van der Waals surface area contributed by atoms with Gasteiger partial charge in [-0.1, -0.05) is 0 Å². The molecule has 3 rings (SSSR count). The fourth-order valence-corrected chi connectivity index (χ4v) is 4.38. The molecule has 2 fully saturated rings. The topological polar surface area (TPSA) is 19.4 Å². The summed E-state index contributed by atoms with van der Waals surface area (Å²) in [6, 6.07) is 0. The third-order valence-corrected chi connectivity index (χ3v) is 6.08. The summed E-state index contributed by atoms with van der Waals surface area (Å²) >= 11 is 1.87. The number of hydrogen-bond acceptors (Lipinski definition) is 4.